The molecule has 1 aliphatic rings. The van der Waals surface area contributed by atoms with Gasteiger partial charge in [-0.15, -0.1) is 0 Å². The van der Waals surface area contributed by atoms with Gasteiger partial charge in [0.15, 0.2) is 0 Å². The first-order valence-electron chi connectivity index (χ1n) is 7.72. The molecule has 3 rings (SSSR count). The highest BCUT2D eigenvalue weighted by atomic mass is 16.1. The zero-order chi connectivity index (χ0) is 17.1. The molecule has 24 heavy (non-hydrogen) atoms. The van der Waals surface area contributed by atoms with Crippen molar-refractivity contribution < 1.29 is 9.59 Å². The van der Waals surface area contributed by atoms with Crippen LogP contribution in [-0.4, -0.2) is 11.6 Å². The maximum absolute atomic E-state index is 12.3. The summed E-state index contributed by atoms with van der Waals surface area (Å²) in [7, 11) is 0. The Labute approximate surface area is 140 Å². The average Bonchev–Trinajstić information content (AvgIpc) is 2.56. The predicted octanol–water partition coefficient (Wildman–Crippen LogP) is 3.75. The second-order valence-corrected chi connectivity index (χ2v) is 5.72. The lowest BCUT2D eigenvalue weighted by Crippen LogP contribution is -2.22. The Bertz CT molecular complexity index is 805. The third-order valence-electron chi connectivity index (χ3n) is 3.91. The minimum absolute atomic E-state index is 0.228. The van der Waals surface area contributed by atoms with Crippen LogP contribution in [0.15, 0.2) is 72.1 Å². The average molecular weight is 318 g/mol. The summed E-state index contributed by atoms with van der Waals surface area (Å²) in [5.41, 5.74) is 4.20. The summed E-state index contributed by atoms with van der Waals surface area (Å²) in [5, 5.41) is 6.09. The smallest absolute Gasteiger partial charge is 0.204 e. The number of aryl methyl sites for hydroxylation is 2. The molecule has 0 fully saturated rings. The predicted molar refractivity (Wildman–Crippen MR) is 95.8 cm³/mol. The van der Waals surface area contributed by atoms with E-state index in [2.05, 4.69) is 10.6 Å². The van der Waals surface area contributed by atoms with E-state index in [0.29, 0.717) is 0 Å². The highest BCUT2D eigenvalue weighted by Gasteiger charge is 2.21. The van der Waals surface area contributed by atoms with Gasteiger partial charge in [-0.25, -0.2) is 0 Å². The molecule has 0 aliphatic heterocycles. The molecule has 2 aromatic rings. The van der Waals surface area contributed by atoms with Gasteiger partial charge in [0, 0.05) is 23.5 Å². The lowest BCUT2D eigenvalue weighted by Gasteiger charge is -2.17. The van der Waals surface area contributed by atoms with Crippen molar-refractivity contribution in [3.05, 3.63) is 83.2 Å². The first kappa shape index (κ1) is 15.7. The highest BCUT2D eigenvalue weighted by Crippen LogP contribution is 2.21. The Kier molecular flexibility index (Phi) is 4.29. The minimum Gasteiger partial charge on any atom is -0.352 e. The van der Waals surface area contributed by atoms with Crippen molar-refractivity contribution >= 4 is 22.9 Å². The van der Waals surface area contributed by atoms with Crippen molar-refractivity contribution in [2.75, 3.05) is 10.6 Å². The topological polar surface area (TPSA) is 58.2 Å². The van der Waals surface area contributed by atoms with Gasteiger partial charge >= 0.3 is 0 Å². The number of para-hydroxylation sites is 2. The Balaban J connectivity index is 1.80. The van der Waals surface area contributed by atoms with E-state index >= 15 is 0 Å². The molecule has 4 nitrogen and oxygen atoms in total. The summed E-state index contributed by atoms with van der Waals surface area (Å²) in [6.07, 6.45) is 2.69. The van der Waals surface area contributed by atoms with Gasteiger partial charge in [0.25, 0.3) is 0 Å². The lowest BCUT2D eigenvalue weighted by atomic mass is 10.0. The molecular weight excluding hydrogens is 300 g/mol. The second-order valence-electron chi connectivity index (χ2n) is 5.72. The van der Waals surface area contributed by atoms with Crippen LogP contribution in [0, 0.1) is 13.8 Å². The van der Waals surface area contributed by atoms with Crippen LogP contribution < -0.4 is 10.6 Å². The molecule has 0 amide bonds. The van der Waals surface area contributed by atoms with Crippen LogP contribution >= 0.6 is 0 Å². The number of anilines is 2. The number of rotatable bonds is 4. The highest BCUT2D eigenvalue weighted by molar-refractivity contribution is 6.22. The molecule has 2 aromatic carbocycles. The van der Waals surface area contributed by atoms with Crippen molar-refractivity contribution in [3.63, 3.8) is 0 Å². The number of ketones is 2. The van der Waals surface area contributed by atoms with E-state index in [4.69, 9.17) is 0 Å². The number of hydrogen-bond donors (Lipinski definition) is 2. The quantitative estimate of drug-likeness (QED) is 0.843. The van der Waals surface area contributed by atoms with Crippen LogP contribution in [0.4, 0.5) is 11.4 Å². The van der Waals surface area contributed by atoms with E-state index < -0.39 is 0 Å². The second kappa shape index (κ2) is 6.54. The maximum Gasteiger partial charge on any atom is 0.204 e. The molecule has 0 heterocycles. The Hall–Kier alpha value is -3.14. The lowest BCUT2D eigenvalue weighted by molar-refractivity contribution is -0.115. The van der Waals surface area contributed by atoms with Gasteiger partial charge < -0.3 is 10.6 Å². The first-order chi connectivity index (χ1) is 11.5. The van der Waals surface area contributed by atoms with Crippen LogP contribution in [0.2, 0.25) is 0 Å². The summed E-state index contributed by atoms with van der Waals surface area (Å²) in [6.45, 7) is 3.89. The van der Waals surface area contributed by atoms with E-state index in [-0.39, 0.29) is 23.0 Å². The van der Waals surface area contributed by atoms with Crippen LogP contribution in [0.3, 0.4) is 0 Å². The van der Waals surface area contributed by atoms with E-state index in [1.54, 1.807) is 0 Å². The van der Waals surface area contributed by atoms with Gasteiger partial charge in [0.1, 0.15) is 0 Å². The fourth-order valence-corrected chi connectivity index (χ4v) is 2.47. The molecule has 4 heteroatoms. The van der Waals surface area contributed by atoms with Gasteiger partial charge in [-0.1, -0.05) is 36.4 Å². The fourth-order valence-electron chi connectivity index (χ4n) is 2.47. The molecule has 0 aromatic heterocycles. The summed E-state index contributed by atoms with van der Waals surface area (Å²) in [5.74, 6) is -0.456. The van der Waals surface area contributed by atoms with Gasteiger partial charge in [-0.3, -0.25) is 9.59 Å². The third kappa shape index (κ3) is 3.27. The molecule has 0 saturated carbocycles. The van der Waals surface area contributed by atoms with Crippen molar-refractivity contribution in [1.82, 2.24) is 0 Å². The molecule has 0 spiro atoms. The molecule has 0 unspecified atom stereocenters. The molecule has 2 N–H and O–H groups in total. The normalized spacial score (nSPS) is 14.1. The van der Waals surface area contributed by atoms with E-state index in [0.717, 1.165) is 22.5 Å². The first-order valence-corrected chi connectivity index (χ1v) is 7.72. The third-order valence-corrected chi connectivity index (χ3v) is 3.91. The molecule has 0 bridgehead atoms. The zero-order valence-corrected chi connectivity index (χ0v) is 13.6. The van der Waals surface area contributed by atoms with Crippen molar-refractivity contribution in [1.29, 1.82) is 0 Å². The summed E-state index contributed by atoms with van der Waals surface area (Å²) in [6, 6.07) is 15.2. The minimum atomic E-state index is -0.228. The van der Waals surface area contributed by atoms with Gasteiger partial charge in [0.2, 0.25) is 11.6 Å². The van der Waals surface area contributed by atoms with Crippen LogP contribution in [-0.2, 0) is 9.59 Å². The summed E-state index contributed by atoms with van der Waals surface area (Å²) >= 11 is 0. The van der Waals surface area contributed by atoms with Gasteiger partial charge in [-0.05, 0) is 37.1 Å². The largest absolute Gasteiger partial charge is 0.352 e. The number of nitrogens with one attached hydrogen (secondary N) is 2. The number of hydrogen-bond acceptors (Lipinski definition) is 4. The Morgan fingerprint density at radius 3 is 1.38 bits per heavy atom. The van der Waals surface area contributed by atoms with Crippen LogP contribution in [0.5, 0.6) is 0 Å². The monoisotopic (exact) mass is 318 g/mol. The summed E-state index contributed by atoms with van der Waals surface area (Å²) in [4.78, 5) is 24.7. The van der Waals surface area contributed by atoms with Gasteiger partial charge in [-0.2, -0.15) is 0 Å². The summed E-state index contributed by atoms with van der Waals surface area (Å²) < 4.78 is 0. The van der Waals surface area contributed by atoms with Crippen molar-refractivity contribution in [3.8, 4) is 0 Å². The Morgan fingerprint density at radius 2 is 1.00 bits per heavy atom. The number of allylic oxidation sites excluding steroid dienone is 2. The molecule has 0 atom stereocenters. The maximum atomic E-state index is 12.3. The number of carbonyl (C=O) groups is 2. The Morgan fingerprint density at radius 1 is 0.625 bits per heavy atom. The fraction of sp³-hybridized carbons (Fsp3) is 0.100. The molecule has 0 radical (unpaired) electrons. The molecule has 0 saturated heterocycles. The van der Waals surface area contributed by atoms with Crippen molar-refractivity contribution in [2.24, 2.45) is 0 Å². The van der Waals surface area contributed by atoms with Gasteiger partial charge in [0.05, 0.1) is 11.4 Å². The molecule has 120 valence electrons. The van der Waals surface area contributed by atoms with Crippen molar-refractivity contribution in [2.45, 2.75) is 13.8 Å². The van der Waals surface area contributed by atoms with Crippen LogP contribution in [0.1, 0.15) is 11.1 Å². The standard InChI is InChI=1S/C20H18N2O2/c1-13-7-3-5-9-15(13)21-17-11-20(24)18(12-19(17)23)22-16-10-6-4-8-14(16)2/h3-12,21-22H,1-2H3. The zero-order valence-electron chi connectivity index (χ0n) is 13.6. The van der Waals surface area contributed by atoms with E-state index in [1.807, 2.05) is 62.4 Å². The van der Waals surface area contributed by atoms with E-state index in [1.165, 1.54) is 12.2 Å². The number of carbonyl (C=O) groups excluding carboxylic acids is 2. The SMILES string of the molecule is Cc1ccccc1NC1=CC(=O)C(Nc2ccccc2C)=CC1=O. The van der Waals surface area contributed by atoms with E-state index in [9.17, 15) is 9.59 Å². The molecule has 1 aliphatic carbocycles. The number of benzene rings is 2. The van der Waals surface area contributed by atoms with Crippen LogP contribution in [0.25, 0.3) is 0 Å². The molecular formula is C20H18N2O2.